The third kappa shape index (κ3) is 3.39. The number of nitrogens with one attached hydrogen (secondary N) is 1. The number of hydrogen-bond acceptors (Lipinski definition) is 6. The Hall–Kier alpha value is -1.66. The highest BCUT2D eigenvalue weighted by Crippen LogP contribution is 2.41. The smallest absolute Gasteiger partial charge is 0.163 e. The maximum absolute atomic E-state index is 10.8. The highest BCUT2D eigenvalue weighted by molar-refractivity contribution is 8.00. The predicted molar refractivity (Wildman–Crippen MR) is 99.3 cm³/mol. The lowest BCUT2D eigenvalue weighted by molar-refractivity contribution is -0.0120. The second kappa shape index (κ2) is 7.07. The number of anilines is 1. The van der Waals surface area contributed by atoms with Crippen LogP contribution in [0.1, 0.15) is 31.0 Å². The molecule has 24 heavy (non-hydrogen) atoms. The molecule has 1 saturated carbocycles. The standard InChI is InChI=1S/C18H24N4OS/c1-4-24-15-7-8-18(15,23)11-20-16-12(2)13(3)21-17(22-16)14-6-5-9-19-10-14/h5-6,9-10,15,23H,4,7-8,11H2,1-3H3,(H,20,21,22). The van der Waals surface area contributed by atoms with Gasteiger partial charge in [0.15, 0.2) is 5.82 Å². The molecular formula is C18H24N4OS. The van der Waals surface area contributed by atoms with Crippen molar-refractivity contribution in [2.24, 2.45) is 0 Å². The van der Waals surface area contributed by atoms with E-state index in [1.165, 1.54) is 0 Å². The molecule has 0 saturated heterocycles. The lowest BCUT2D eigenvalue weighted by atomic mass is 9.79. The zero-order valence-electron chi connectivity index (χ0n) is 14.4. The number of rotatable bonds is 6. The van der Waals surface area contributed by atoms with Crippen LogP contribution in [0.25, 0.3) is 11.4 Å². The summed E-state index contributed by atoms with van der Waals surface area (Å²) in [7, 11) is 0. The number of aromatic nitrogens is 3. The van der Waals surface area contributed by atoms with Crippen LogP contribution in [-0.4, -0.2) is 43.2 Å². The Morgan fingerprint density at radius 3 is 2.83 bits per heavy atom. The van der Waals surface area contributed by atoms with Crippen molar-refractivity contribution in [3.05, 3.63) is 35.8 Å². The molecule has 2 aromatic rings. The normalized spacial score (nSPS) is 22.9. The molecule has 2 heterocycles. The molecule has 1 fully saturated rings. The fourth-order valence-corrected chi connectivity index (χ4v) is 4.10. The number of nitrogens with zero attached hydrogens (tertiary/aromatic N) is 3. The summed E-state index contributed by atoms with van der Waals surface area (Å²) in [6, 6.07) is 3.83. The quantitative estimate of drug-likeness (QED) is 0.838. The average Bonchev–Trinajstić information content (AvgIpc) is 2.60. The van der Waals surface area contributed by atoms with E-state index in [1.807, 2.05) is 37.7 Å². The first kappa shape index (κ1) is 17.2. The van der Waals surface area contributed by atoms with Gasteiger partial charge in [0.2, 0.25) is 0 Å². The van der Waals surface area contributed by atoms with Crippen molar-refractivity contribution in [1.82, 2.24) is 15.0 Å². The lowest BCUT2D eigenvalue weighted by Crippen LogP contribution is -2.54. The Balaban J connectivity index is 1.79. The van der Waals surface area contributed by atoms with E-state index in [9.17, 15) is 5.11 Å². The minimum absolute atomic E-state index is 0.316. The van der Waals surface area contributed by atoms with E-state index in [4.69, 9.17) is 0 Å². The zero-order valence-corrected chi connectivity index (χ0v) is 15.2. The van der Waals surface area contributed by atoms with Gasteiger partial charge in [-0.15, -0.1) is 0 Å². The molecule has 5 nitrogen and oxygen atoms in total. The van der Waals surface area contributed by atoms with Crippen molar-refractivity contribution in [3.8, 4) is 11.4 Å². The van der Waals surface area contributed by atoms with Gasteiger partial charge in [0.25, 0.3) is 0 Å². The van der Waals surface area contributed by atoms with E-state index in [-0.39, 0.29) is 0 Å². The highest BCUT2D eigenvalue weighted by atomic mass is 32.2. The van der Waals surface area contributed by atoms with Crippen LogP contribution in [0.15, 0.2) is 24.5 Å². The molecule has 2 N–H and O–H groups in total. The molecule has 0 aliphatic heterocycles. The fourth-order valence-electron chi connectivity index (χ4n) is 2.90. The van der Waals surface area contributed by atoms with Crippen LogP contribution < -0.4 is 5.32 Å². The highest BCUT2D eigenvalue weighted by Gasteiger charge is 2.45. The number of pyridine rings is 1. The second-order valence-corrected chi connectivity index (χ2v) is 7.77. The van der Waals surface area contributed by atoms with Crippen molar-refractivity contribution >= 4 is 17.6 Å². The third-order valence-electron chi connectivity index (χ3n) is 4.68. The van der Waals surface area contributed by atoms with Gasteiger partial charge in [-0.25, -0.2) is 9.97 Å². The molecular weight excluding hydrogens is 320 g/mol. The molecule has 128 valence electrons. The van der Waals surface area contributed by atoms with E-state index in [2.05, 4.69) is 27.2 Å². The number of hydrogen-bond donors (Lipinski definition) is 2. The number of aliphatic hydroxyl groups is 1. The molecule has 2 atom stereocenters. The third-order valence-corrected chi connectivity index (χ3v) is 6.09. The van der Waals surface area contributed by atoms with Gasteiger partial charge in [0.1, 0.15) is 5.82 Å². The monoisotopic (exact) mass is 344 g/mol. The summed E-state index contributed by atoms with van der Waals surface area (Å²) in [5.41, 5.74) is 2.21. The van der Waals surface area contributed by atoms with Crippen molar-refractivity contribution in [3.63, 3.8) is 0 Å². The first-order chi connectivity index (χ1) is 11.5. The van der Waals surface area contributed by atoms with Gasteiger partial charge < -0.3 is 10.4 Å². The van der Waals surface area contributed by atoms with Crippen molar-refractivity contribution in [2.45, 2.75) is 44.5 Å². The zero-order chi connectivity index (χ0) is 17.2. The van der Waals surface area contributed by atoms with Crippen LogP contribution in [0.2, 0.25) is 0 Å². The van der Waals surface area contributed by atoms with Crippen LogP contribution in [0, 0.1) is 13.8 Å². The van der Waals surface area contributed by atoms with Crippen LogP contribution in [0.5, 0.6) is 0 Å². The Bertz CT molecular complexity index is 710. The maximum Gasteiger partial charge on any atom is 0.163 e. The Kier molecular flexibility index (Phi) is 5.06. The van der Waals surface area contributed by atoms with Crippen LogP contribution >= 0.6 is 11.8 Å². The van der Waals surface area contributed by atoms with Crippen LogP contribution in [-0.2, 0) is 0 Å². The summed E-state index contributed by atoms with van der Waals surface area (Å²) in [6.45, 7) is 6.65. The Morgan fingerprint density at radius 2 is 2.21 bits per heavy atom. The first-order valence-electron chi connectivity index (χ1n) is 8.37. The van der Waals surface area contributed by atoms with E-state index in [1.54, 1.807) is 12.4 Å². The van der Waals surface area contributed by atoms with Gasteiger partial charge >= 0.3 is 0 Å². The van der Waals surface area contributed by atoms with Gasteiger partial charge in [-0.05, 0) is 44.6 Å². The van der Waals surface area contributed by atoms with Gasteiger partial charge in [0, 0.05) is 41.0 Å². The summed E-state index contributed by atoms with van der Waals surface area (Å²) in [6.07, 6.45) is 5.43. The first-order valence-corrected chi connectivity index (χ1v) is 9.42. The predicted octanol–water partition coefficient (Wildman–Crippen LogP) is 3.21. The Morgan fingerprint density at radius 1 is 1.38 bits per heavy atom. The van der Waals surface area contributed by atoms with E-state index in [0.29, 0.717) is 17.6 Å². The van der Waals surface area contributed by atoms with E-state index in [0.717, 1.165) is 41.2 Å². The largest absolute Gasteiger partial charge is 0.387 e. The topological polar surface area (TPSA) is 70.9 Å². The molecule has 2 unspecified atom stereocenters. The molecule has 0 aromatic carbocycles. The minimum atomic E-state index is -0.638. The molecule has 0 bridgehead atoms. The second-order valence-electron chi connectivity index (χ2n) is 6.29. The number of thioether (sulfide) groups is 1. The van der Waals surface area contributed by atoms with E-state index >= 15 is 0 Å². The summed E-state index contributed by atoms with van der Waals surface area (Å²) in [5.74, 6) is 2.49. The molecule has 1 aliphatic rings. The summed E-state index contributed by atoms with van der Waals surface area (Å²) >= 11 is 1.84. The molecule has 2 aromatic heterocycles. The molecule has 6 heteroatoms. The Labute approximate surface area is 147 Å². The molecule has 1 aliphatic carbocycles. The summed E-state index contributed by atoms with van der Waals surface area (Å²) in [5, 5.41) is 14.4. The lowest BCUT2D eigenvalue weighted by Gasteiger charge is -2.45. The SMILES string of the molecule is CCSC1CCC1(O)CNc1nc(-c2cccnc2)nc(C)c1C. The van der Waals surface area contributed by atoms with Crippen molar-refractivity contribution in [1.29, 1.82) is 0 Å². The molecule has 3 rings (SSSR count). The minimum Gasteiger partial charge on any atom is -0.387 e. The van der Waals surface area contributed by atoms with Crippen molar-refractivity contribution in [2.75, 3.05) is 17.6 Å². The molecule has 0 amide bonds. The maximum atomic E-state index is 10.8. The fraction of sp³-hybridized carbons (Fsp3) is 0.500. The van der Waals surface area contributed by atoms with Gasteiger partial charge in [-0.1, -0.05) is 6.92 Å². The van der Waals surface area contributed by atoms with Gasteiger partial charge in [-0.2, -0.15) is 11.8 Å². The average molecular weight is 344 g/mol. The molecule has 0 radical (unpaired) electrons. The summed E-state index contributed by atoms with van der Waals surface area (Å²) in [4.78, 5) is 13.4. The van der Waals surface area contributed by atoms with Crippen LogP contribution in [0.4, 0.5) is 5.82 Å². The van der Waals surface area contributed by atoms with Gasteiger partial charge in [-0.3, -0.25) is 4.98 Å². The van der Waals surface area contributed by atoms with Crippen molar-refractivity contribution < 1.29 is 5.11 Å². The number of aryl methyl sites for hydroxylation is 1. The molecule has 0 spiro atoms. The van der Waals surface area contributed by atoms with Gasteiger partial charge in [0.05, 0.1) is 5.60 Å². The van der Waals surface area contributed by atoms with E-state index < -0.39 is 5.60 Å². The summed E-state index contributed by atoms with van der Waals surface area (Å²) < 4.78 is 0. The van der Waals surface area contributed by atoms with Crippen LogP contribution in [0.3, 0.4) is 0 Å².